The lowest BCUT2D eigenvalue weighted by molar-refractivity contribution is -0.139. The Balaban J connectivity index is 2.37. The SMILES string of the molecule is CC[C@@H](NC(=O)N(C)CC1CCCCC1)C(=O)O. The van der Waals surface area contributed by atoms with Crippen molar-refractivity contribution in [3.05, 3.63) is 0 Å². The van der Waals surface area contributed by atoms with Gasteiger partial charge < -0.3 is 15.3 Å². The third kappa shape index (κ3) is 4.55. The summed E-state index contributed by atoms with van der Waals surface area (Å²) < 4.78 is 0. The number of carbonyl (C=O) groups excluding carboxylic acids is 1. The molecule has 2 amide bonds. The number of rotatable bonds is 5. The van der Waals surface area contributed by atoms with Crippen molar-refractivity contribution in [3.63, 3.8) is 0 Å². The van der Waals surface area contributed by atoms with E-state index in [-0.39, 0.29) is 6.03 Å². The van der Waals surface area contributed by atoms with E-state index in [0.29, 0.717) is 12.3 Å². The molecule has 18 heavy (non-hydrogen) atoms. The maximum atomic E-state index is 11.8. The number of hydrogen-bond donors (Lipinski definition) is 2. The summed E-state index contributed by atoms with van der Waals surface area (Å²) in [5.74, 6) is -0.406. The van der Waals surface area contributed by atoms with E-state index >= 15 is 0 Å². The Labute approximate surface area is 109 Å². The number of aliphatic carboxylic acids is 1. The molecular weight excluding hydrogens is 232 g/mol. The van der Waals surface area contributed by atoms with Gasteiger partial charge in [0.25, 0.3) is 0 Å². The summed E-state index contributed by atoms with van der Waals surface area (Å²) in [6, 6.07) is -1.07. The fourth-order valence-electron chi connectivity index (χ4n) is 2.44. The molecule has 0 heterocycles. The predicted molar refractivity (Wildman–Crippen MR) is 69.5 cm³/mol. The van der Waals surface area contributed by atoms with Gasteiger partial charge in [0.05, 0.1) is 0 Å². The third-order valence-corrected chi connectivity index (χ3v) is 3.61. The summed E-state index contributed by atoms with van der Waals surface area (Å²) in [6.07, 6.45) is 6.53. The van der Waals surface area contributed by atoms with E-state index in [1.807, 2.05) is 0 Å². The minimum atomic E-state index is -0.975. The minimum Gasteiger partial charge on any atom is -0.480 e. The van der Waals surface area contributed by atoms with Crippen LogP contribution < -0.4 is 5.32 Å². The minimum absolute atomic E-state index is 0.283. The molecular formula is C13H24N2O3. The van der Waals surface area contributed by atoms with Crippen LogP contribution in [0, 0.1) is 5.92 Å². The highest BCUT2D eigenvalue weighted by Crippen LogP contribution is 2.24. The Morgan fingerprint density at radius 1 is 1.33 bits per heavy atom. The molecule has 0 aromatic rings. The van der Waals surface area contributed by atoms with Crippen LogP contribution in [0.3, 0.4) is 0 Å². The van der Waals surface area contributed by atoms with Crippen molar-refractivity contribution in [2.24, 2.45) is 5.92 Å². The smallest absolute Gasteiger partial charge is 0.326 e. The average Bonchev–Trinajstić information content (AvgIpc) is 2.36. The van der Waals surface area contributed by atoms with Crippen LogP contribution in [0.5, 0.6) is 0 Å². The van der Waals surface area contributed by atoms with Crippen LogP contribution in [0.15, 0.2) is 0 Å². The fraction of sp³-hybridized carbons (Fsp3) is 0.846. The largest absolute Gasteiger partial charge is 0.480 e. The number of carboxylic acid groups (broad SMARTS) is 1. The highest BCUT2D eigenvalue weighted by Gasteiger charge is 2.22. The molecule has 2 N–H and O–H groups in total. The first-order valence-electron chi connectivity index (χ1n) is 6.79. The normalized spacial score (nSPS) is 18.1. The molecule has 0 spiro atoms. The monoisotopic (exact) mass is 256 g/mol. The van der Waals surface area contributed by atoms with Crippen LogP contribution in [-0.4, -0.2) is 41.6 Å². The molecule has 5 nitrogen and oxygen atoms in total. The van der Waals surface area contributed by atoms with Crippen molar-refractivity contribution in [1.29, 1.82) is 0 Å². The van der Waals surface area contributed by atoms with Crippen LogP contribution in [0.1, 0.15) is 45.4 Å². The lowest BCUT2D eigenvalue weighted by Gasteiger charge is -2.28. The molecule has 0 saturated heterocycles. The number of nitrogens with one attached hydrogen (secondary N) is 1. The number of urea groups is 1. The second-order valence-electron chi connectivity index (χ2n) is 5.13. The van der Waals surface area contributed by atoms with E-state index in [4.69, 9.17) is 5.11 Å². The molecule has 0 radical (unpaired) electrons. The van der Waals surface area contributed by atoms with Gasteiger partial charge in [-0.2, -0.15) is 0 Å². The molecule has 1 atom stereocenters. The van der Waals surface area contributed by atoms with Crippen LogP contribution in [0.2, 0.25) is 0 Å². The van der Waals surface area contributed by atoms with Crippen molar-refractivity contribution in [3.8, 4) is 0 Å². The maximum Gasteiger partial charge on any atom is 0.326 e. The topological polar surface area (TPSA) is 69.6 Å². The van der Waals surface area contributed by atoms with Gasteiger partial charge in [-0.25, -0.2) is 9.59 Å². The van der Waals surface area contributed by atoms with Gasteiger partial charge in [-0.15, -0.1) is 0 Å². The summed E-state index contributed by atoms with van der Waals surface area (Å²) in [4.78, 5) is 24.3. The van der Waals surface area contributed by atoms with E-state index < -0.39 is 12.0 Å². The van der Waals surface area contributed by atoms with Crippen LogP contribution in [0.25, 0.3) is 0 Å². The van der Waals surface area contributed by atoms with E-state index in [2.05, 4.69) is 5.32 Å². The zero-order valence-corrected chi connectivity index (χ0v) is 11.3. The van der Waals surface area contributed by atoms with Crippen LogP contribution in [0.4, 0.5) is 4.79 Å². The molecule has 1 rings (SSSR count). The molecule has 5 heteroatoms. The molecule has 1 aliphatic carbocycles. The van der Waals surface area contributed by atoms with Crippen LogP contribution in [-0.2, 0) is 4.79 Å². The third-order valence-electron chi connectivity index (χ3n) is 3.61. The van der Waals surface area contributed by atoms with Gasteiger partial charge in [0.1, 0.15) is 6.04 Å². The summed E-state index contributed by atoms with van der Waals surface area (Å²) in [5, 5.41) is 11.4. The molecule has 1 fully saturated rings. The van der Waals surface area contributed by atoms with Gasteiger partial charge in [-0.05, 0) is 25.2 Å². The lowest BCUT2D eigenvalue weighted by atomic mass is 9.89. The molecule has 1 aliphatic rings. The van der Waals surface area contributed by atoms with Gasteiger partial charge in [0.2, 0.25) is 0 Å². The summed E-state index contributed by atoms with van der Waals surface area (Å²) >= 11 is 0. The molecule has 1 saturated carbocycles. The highest BCUT2D eigenvalue weighted by atomic mass is 16.4. The van der Waals surface area contributed by atoms with E-state index in [9.17, 15) is 9.59 Å². The first-order valence-corrected chi connectivity index (χ1v) is 6.79. The molecule has 104 valence electrons. The molecule has 0 aromatic carbocycles. The molecule has 0 aromatic heterocycles. The summed E-state index contributed by atoms with van der Waals surface area (Å²) in [6.45, 7) is 2.47. The Morgan fingerprint density at radius 2 is 1.94 bits per heavy atom. The van der Waals surface area contributed by atoms with Crippen molar-refractivity contribution < 1.29 is 14.7 Å². The Hall–Kier alpha value is -1.26. The van der Waals surface area contributed by atoms with Crippen molar-refractivity contribution in [1.82, 2.24) is 10.2 Å². The summed E-state index contributed by atoms with van der Waals surface area (Å²) in [7, 11) is 1.73. The average molecular weight is 256 g/mol. The van der Waals surface area contributed by atoms with Crippen molar-refractivity contribution in [2.75, 3.05) is 13.6 Å². The van der Waals surface area contributed by atoms with Gasteiger partial charge >= 0.3 is 12.0 Å². The molecule has 0 bridgehead atoms. The number of nitrogens with zero attached hydrogens (tertiary/aromatic N) is 1. The first-order chi connectivity index (χ1) is 8.54. The van der Waals surface area contributed by atoms with E-state index in [1.54, 1.807) is 18.9 Å². The Kier molecular flexibility index (Phi) is 5.95. The fourth-order valence-corrected chi connectivity index (χ4v) is 2.44. The van der Waals surface area contributed by atoms with E-state index in [0.717, 1.165) is 6.54 Å². The second kappa shape index (κ2) is 7.24. The zero-order chi connectivity index (χ0) is 13.5. The van der Waals surface area contributed by atoms with Crippen LogP contribution >= 0.6 is 0 Å². The van der Waals surface area contributed by atoms with Crippen molar-refractivity contribution in [2.45, 2.75) is 51.5 Å². The van der Waals surface area contributed by atoms with E-state index in [1.165, 1.54) is 32.1 Å². The van der Waals surface area contributed by atoms with Gasteiger partial charge in [0, 0.05) is 13.6 Å². The molecule has 0 unspecified atom stereocenters. The number of carbonyl (C=O) groups is 2. The lowest BCUT2D eigenvalue weighted by Crippen LogP contribution is -2.47. The second-order valence-corrected chi connectivity index (χ2v) is 5.13. The number of carboxylic acids is 1. The van der Waals surface area contributed by atoms with Gasteiger partial charge in [0.15, 0.2) is 0 Å². The zero-order valence-electron chi connectivity index (χ0n) is 11.3. The van der Waals surface area contributed by atoms with Crippen molar-refractivity contribution >= 4 is 12.0 Å². The standard InChI is InChI=1S/C13H24N2O3/c1-3-11(12(16)17)14-13(18)15(2)9-10-7-5-4-6-8-10/h10-11H,3-9H2,1-2H3,(H,14,18)(H,16,17)/t11-/m1/s1. The Bertz CT molecular complexity index is 288. The quantitative estimate of drug-likeness (QED) is 0.791. The first kappa shape index (κ1) is 14.8. The molecule has 0 aliphatic heterocycles. The summed E-state index contributed by atoms with van der Waals surface area (Å²) in [5.41, 5.74) is 0. The van der Waals surface area contributed by atoms with Gasteiger partial charge in [-0.1, -0.05) is 26.2 Å². The Morgan fingerprint density at radius 3 is 2.44 bits per heavy atom. The number of amides is 2. The highest BCUT2D eigenvalue weighted by molar-refractivity contribution is 5.82. The predicted octanol–water partition coefficient (Wildman–Crippen LogP) is 2.07. The van der Waals surface area contributed by atoms with Gasteiger partial charge in [-0.3, -0.25) is 0 Å². The maximum absolute atomic E-state index is 11.8. The number of hydrogen-bond acceptors (Lipinski definition) is 2.